The van der Waals surface area contributed by atoms with Crippen LogP contribution in [0, 0.1) is 11.8 Å². The number of carbonyl (C=O) groups is 1. The third-order valence-electron chi connectivity index (χ3n) is 4.46. The van der Waals surface area contributed by atoms with E-state index in [-0.39, 0.29) is 11.9 Å². The third-order valence-corrected chi connectivity index (χ3v) is 4.46. The summed E-state index contributed by atoms with van der Waals surface area (Å²) in [7, 11) is 0. The van der Waals surface area contributed by atoms with Gasteiger partial charge in [-0.3, -0.25) is 9.78 Å². The van der Waals surface area contributed by atoms with Crippen molar-refractivity contribution in [2.75, 3.05) is 6.54 Å². The molecule has 0 unspecified atom stereocenters. The van der Waals surface area contributed by atoms with E-state index < -0.39 is 5.60 Å². The zero-order chi connectivity index (χ0) is 18.6. The molecule has 0 spiro atoms. The van der Waals surface area contributed by atoms with E-state index in [9.17, 15) is 9.90 Å². The summed E-state index contributed by atoms with van der Waals surface area (Å²) >= 11 is 0. The molecule has 1 N–H and O–H groups in total. The Balaban J connectivity index is 1.86. The highest BCUT2D eigenvalue weighted by Gasteiger charge is 2.28. The molecule has 1 aromatic heterocycles. The van der Waals surface area contributed by atoms with Gasteiger partial charge in [-0.2, -0.15) is 0 Å². The van der Waals surface area contributed by atoms with Crippen LogP contribution < -0.4 is 0 Å². The molecule has 1 aliphatic rings. The molecule has 4 heteroatoms. The van der Waals surface area contributed by atoms with Crippen LogP contribution in [0.1, 0.15) is 60.6 Å². The highest BCUT2D eigenvalue weighted by Crippen LogP contribution is 2.31. The normalized spacial score (nSPS) is 17.3. The van der Waals surface area contributed by atoms with Crippen LogP contribution in [0.2, 0.25) is 0 Å². The molecule has 0 radical (unpaired) electrons. The predicted octanol–water partition coefficient (Wildman–Crippen LogP) is 3.57. The number of likely N-dealkylation sites (tertiary alicyclic amines) is 1. The predicted molar refractivity (Wildman–Crippen MR) is 101 cm³/mol. The van der Waals surface area contributed by atoms with E-state index in [1.54, 1.807) is 26.1 Å². The van der Waals surface area contributed by atoms with Crippen LogP contribution in [-0.4, -0.2) is 33.0 Å². The number of nitrogens with zero attached hydrogens (tertiary/aromatic N) is 2. The standard InChI is InChI=1S/C22H24N2O2/c1-22(2,26)12-11-17-7-5-8-18(15-17)21(25)24-14-4-3-10-20(24)19-9-6-13-23-16-19/h5-9,13,15-16,20,26H,3-4,10,14H2,1-2H3/t20-/m0/s1. The molecule has 0 saturated carbocycles. The van der Waals surface area contributed by atoms with Crippen LogP contribution in [0.25, 0.3) is 0 Å². The van der Waals surface area contributed by atoms with Crippen molar-refractivity contribution in [1.29, 1.82) is 0 Å². The number of amides is 1. The summed E-state index contributed by atoms with van der Waals surface area (Å²) in [6, 6.07) is 11.3. The van der Waals surface area contributed by atoms with Crippen LogP contribution in [0.3, 0.4) is 0 Å². The number of rotatable bonds is 2. The largest absolute Gasteiger partial charge is 0.378 e. The third kappa shape index (κ3) is 4.50. The number of piperidine rings is 1. The molecule has 1 amide bonds. The quantitative estimate of drug-likeness (QED) is 0.844. The zero-order valence-electron chi connectivity index (χ0n) is 15.3. The number of hydrogen-bond donors (Lipinski definition) is 1. The summed E-state index contributed by atoms with van der Waals surface area (Å²) in [4.78, 5) is 19.3. The second kappa shape index (κ2) is 7.72. The SMILES string of the molecule is CC(C)(O)C#Cc1cccc(C(=O)N2CCCC[C@H]2c2cccnc2)c1. The monoisotopic (exact) mass is 348 g/mol. The summed E-state index contributed by atoms with van der Waals surface area (Å²) in [5.74, 6) is 5.75. The Morgan fingerprint density at radius 2 is 2.12 bits per heavy atom. The van der Waals surface area contributed by atoms with Crippen molar-refractivity contribution >= 4 is 5.91 Å². The number of hydrogen-bond acceptors (Lipinski definition) is 3. The number of pyridine rings is 1. The summed E-state index contributed by atoms with van der Waals surface area (Å²) < 4.78 is 0. The van der Waals surface area contributed by atoms with Gasteiger partial charge in [-0.1, -0.05) is 24.0 Å². The van der Waals surface area contributed by atoms with Crippen molar-refractivity contribution in [3.63, 3.8) is 0 Å². The van der Waals surface area contributed by atoms with Gasteiger partial charge in [0, 0.05) is 30.1 Å². The Bertz CT molecular complexity index is 828. The van der Waals surface area contributed by atoms with Gasteiger partial charge in [0.1, 0.15) is 5.60 Å². The number of aliphatic hydroxyl groups is 1. The lowest BCUT2D eigenvalue weighted by atomic mass is 9.95. The Morgan fingerprint density at radius 3 is 2.85 bits per heavy atom. The maximum Gasteiger partial charge on any atom is 0.254 e. The van der Waals surface area contributed by atoms with Gasteiger partial charge < -0.3 is 10.0 Å². The smallest absolute Gasteiger partial charge is 0.254 e. The van der Waals surface area contributed by atoms with Gasteiger partial charge in [0.25, 0.3) is 5.91 Å². The Labute approximate surface area is 154 Å². The highest BCUT2D eigenvalue weighted by molar-refractivity contribution is 5.95. The summed E-state index contributed by atoms with van der Waals surface area (Å²) in [6.07, 6.45) is 6.68. The van der Waals surface area contributed by atoms with Crippen molar-refractivity contribution in [2.24, 2.45) is 0 Å². The molecular weight excluding hydrogens is 324 g/mol. The summed E-state index contributed by atoms with van der Waals surface area (Å²) in [5.41, 5.74) is 1.38. The minimum absolute atomic E-state index is 0.0189. The van der Waals surface area contributed by atoms with Crippen molar-refractivity contribution in [3.05, 3.63) is 65.5 Å². The van der Waals surface area contributed by atoms with Crippen LogP contribution in [-0.2, 0) is 0 Å². The second-order valence-corrected chi connectivity index (χ2v) is 7.19. The van der Waals surface area contributed by atoms with Crippen molar-refractivity contribution in [3.8, 4) is 11.8 Å². The Hall–Kier alpha value is -2.64. The number of benzene rings is 1. The molecule has 4 nitrogen and oxygen atoms in total. The fourth-order valence-corrected chi connectivity index (χ4v) is 3.22. The fourth-order valence-electron chi connectivity index (χ4n) is 3.22. The first-order valence-corrected chi connectivity index (χ1v) is 9.00. The molecule has 2 aromatic rings. The molecule has 0 bridgehead atoms. The van der Waals surface area contributed by atoms with Crippen LogP contribution >= 0.6 is 0 Å². The molecule has 1 aliphatic heterocycles. The van der Waals surface area contributed by atoms with Crippen LogP contribution in [0.4, 0.5) is 0 Å². The molecule has 134 valence electrons. The first-order valence-electron chi connectivity index (χ1n) is 9.00. The Kier molecular flexibility index (Phi) is 5.39. The first kappa shape index (κ1) is 18.2. The van der Waals surface area contributed by atoms with Crippen LogP contribution in [0.15, 0.2) is 48.8 Å². The molecule has 1 saturated heterocycles. The molecular formula is C22H24N2O2. The molecule has 2 heterocycles. The Morgan fingerprint density at radius 1 is 1.27 bits per heavy atom. The van der Waals surface area contributed by atoms with E-state index in [4.69, 9.17) is 0 Å². The van der Waals surface area contributed by atoms with E-state index in [1.165, 1.54) is 0 Å². The summed E-state index contributed by atoms with van der Waals surface area (Å²) in [6.45, 7) is 4.03. The van der Waals surface area contributed by atoms with E-state index in [2.05, 4.69) is 16.8 Å². The van der Waals surface area contributed by atoms with Crippen molar-refractivity contribution < 1.29 is 9.90 Å². The number of aromatic nitrogens is 1. The average molecular weight is 348 g/mol. The summed E-state index contributed by atoms with van der Waals surface area (Å²) in [5, 5.41) is 9.77. The van der Waals surface area contributed by atoms with Gasteiger partial charge >= 0.3 is 0 Å². The van der Waals surface area contributed by atoms with Crippen LogP contribution in [0.5, 0.6) is 0 Å². The first-order chi connectivity index (χ1) is 12.4. The van der Waals surface area contributed by atoms with Crippen molar-refractivity contribution in [2.45, 2.75) is 44.8 Å². The molecule has 3 rings (SSSR count). The van der Waals surface area contributed by atoms with Gasteiger partial charge in [-0.05, 0) is 62.9 Å². The molecule has 1 atom stereocenters. The second-order valence-electron chi connectivity index (χ2n) is 7.19. The minimum atomic E-state index is -1.06. The molecule has 0 aliphatic carbocycles. The van der Waals surface area contributed by atoms with E-state index in [1.807, 2.05) is 41.4 Å². The maximum atomic E-state index is 13.1. The fraction of sp³-hybridized carbons (Fsp3) is 0.364. The zero-order valence-corrected chi connectivity index (χ0v) is 15.3. The lowest BCUT2D eigenvalue weighted by molar-refractivity contribution is 0.0611. The minimum Gasteiger partial charge on any atom is -0.378 e. The average Bonchev–Trinajstić information content (AvgIpc) is 2.66. The van der Waals surface area contributed by atoms with E-state index >= 15 is 0 Å². The van der Waals surface area contributed by atoms with Crippen molar-refractivity contribution in [1.82, 2.24) is 9.88 Å². The molecule has 26 heavy (non-hydrogen) atoms. The van der Waals surface area contributed by atoms with E-state index in [0.717, 1.165) is 36.9 Å². The van der Waals surface area contributed by atoms with Gasteiger partial charge in [-0.15, -0.1) is 0 Å². The molecule has 1 aromatic carbocycles. The lowest BCUT2D eigenvalue weighted by Crippen LogP contribution is -2.38. The van der Waals surface area contributed by atoms with Gasteiger partial charge in [0.2, 0.25) is 0 Å². The van der Waals surface area contributed by atoms with Gasteiger partial charge in [-0.25, -0.2) is 0 Å². The number of carbonyl (C=O) groups excluding carboxylic acids is 1. The topological polar surface area (TPSA) is 53.4 Å². The van der Waals surface area contributed by atoms with Gasteiger partial charge in [0.05, 0.1) is 6.04 Å². The highest BCUT2D eigenvalue weighted by atomic mass is 16.3. The molecule has 1 fully saturated rings. The van der Waals surface area contributed by atoms with Gasteiger partial charge in [0.15, 0.2) is 0 Å². The maximum absolute atomic E-state index is 13.1. The van der Waals surface area contributed by atoms with E-state index in [0.29, 0.717) is 5.56 Å². The lowest BCUT2D eigenvalue weighted by Gasteiger charge is -2.36.